The van der Waals surface area contributed by atoms with Crippen LogP contribution in [0.4, 0.5) is 0 Å². The molecular weight excluding hydrogens is 342 g/mol. The summed E-state index contributed by atoms with van der Waals surface area (Å²) in [7, 11) is 1.49. The number of alkyl halides is 1. The van der Waals surface area contributed by atoms with Crippen molar-refractivity contribution in [3.05, 3.63) is 70.0 Å². The number of methoxy groups -OCH3 is 1. The van der Waals surface area contributed by atoms with Crippen LogP contribution in [0, 0.1) is 10.1 Å². The minimum atomic E-state index is -1.10. The number of hydrogen-bond donors (Lipinski definition) is 1. The van der Waals surface area contributed by atoms with Crippen LogP contribution >= 0.6 is 15.9 Å². The van der Waals surface area contributed by atoms with Crippen molar-refractivity contribution in [1.82, 2.24) is 0 Å². The van der Waals surface area contributed by atoms with E-state index in [2.05, 4.69) is 15.9 Å². The van der Waals surface area contributed by atoms with Crippen LogP contribution in [0.25, 0.3) is 0 Å². The third-order valence-electron chi connectivity index (χ3n) is 3.05. The maximum absolute atomic E-state index is 11.2. The first-order valence-corrected chi connectivity index (χ1v) is 6.94. The third-order valence-corrected chi connectivity index (χ3v) is 3.98. The van der Waals surface area contributed by atoms with Gasteiger partial charge in [-0.2, -0.15) is 0 Å². The van der Waals surface area contributed by atoms with Gasteiger partial charge in [-0.05, 0) is 24.3 Å². The van der Waals surface area contributed by atoms with Gasteiger partial charge in [-0.25, -0.2) is 0 Å². The number of ether oxygens (including phenoxy) is 1. The number of hydrogen-bond acceptors (Lipinski definition) is 5. The molecule has 2 unspecified atom stereocenters. The molecular formula is C14H14BrNO5. The van der Waals surface area contributed by atoms with Crippen molar-refractivity contribution in [2.45, 2.75) is 16.8 Å². The van der Waals surface area contributed by atoms with E-state index in [1.807, 2.05) is 0 Å². The highest BCUT2D eigenvalue weighted by Gasteiger charge is 2.35. The van der Waals surface area contributed by atoms with Gasteiger partial charge < -0.3 is 14.3 Å². The van der Waals surface area contributed by atoms with E-state index in [4.69, 9.17) is 9.15 Å². The molecule has 1 aromatic rings. The second kappa shape index (κ2) is 6.28. The molecule has 6 nitrogen and oxygen atoms in total. The SMILES string of the molecule is COC1=CC(Br)(/C=C(/Cc2ccco2)[N+](=O)[O-])C(O)C=C1. The zero-order chi connectivity index (χ0) is 15.5. The Balaban J connectivity index is 2.34. The summed E-state index contributed by atoms with van der Waals surface area (Å²) < 4.78 is 9.13. The molecule has 0 radical (unpaired) electrons. The lowest BCUT2D eigenvalue weighted by Gasteiger charge is -2.27. The van der Waals surface area contributed by atoms with Crippen LogP contribution in [0.1, 0.15) is 5.76 Å². The van der Waals surface area contributed by atoms with E-state index in [0.29, 0.717) is 11.5 Å². The van der Waals surface area contributed by atoms with E-state index in [-0.39, 0.29) is 12.1 Å². The Morgan fingerprint density at radius 3 is 3.05 bits per heavy atom. The quantitative estimate of drug-likeness (QED) is 0.498. The summed E-state index contributed by atoms with van der Waals surface area (Å²) in [4.78, 5) is 10.7. The molecule has 1 aliphatic carbocycles. The molecule has 1 heterocycles. The van der Waals surface area contributed by atoms with Crippen molar-refractivity contribution in [2.75, 3.05) is 7.11 Å². The van der Waals surface area contributed by atoms with Gasteiger partial charge >= 0.3 is 0 Å². The fourth-order valence-electron chi connectivity index (χ4n) is 1.95. The lowest BCUT2D eigenvalue weighted by atomic mass is 9.94. The number of furan rings is 1. The zero-order valence-electron chi connectivity index (χ0n) is 11.2. The number of rotatable bonds is 5. The summed E-state index contributed by atoms with van der Waals surface area (Å²) in [6.07, 6.45) is 6.61. The van der Waals surface area contributed by atoms with Crippen LogP contribution in [0.2, 0.25) is 0 Å². The largest absolute Gasteiger partial charge is 0.497 e. The van der Waals surface area contributed by atoms with Crippen molar-refractivity contribution in [3.8, 4) is 0 Å². The first kappa shape index (κ1) is 15.5. The van der Waals surface area contributed by atoms with Gasteiger partial charge in [-0.3, -0.25) is 10.1 Å². The Hall–Kier alpha value is -1.86. The first-order valence-electron chi connectivity index (χ1n) is 6.15. The first-order chi connectivity index (χ1) is 9.94. The predicted molar refractivity (Wildman–Crippen MR) is 79.4 cm³/mol. The lowest BCUT2D eigenvalue weighted by molar-refractivity contribution is -0.427. The van der Waals surface area contributed by atoms with E-state index < -0.39 is 15.4 Å². The van der Waals surface area contributed by atoms with E-state index >= 15 is 0 Å². The molecule has 1 aliphatic rings. The average molecular weight is 356 g/mol. The van der Waals surface area contributed by atoms with E-state index in [1.54, 1.807) is 24.3 Å². The van der Waals surface area contributed by atoms with Gasteiger partial charge in [-0.15, -0.1) is 0 Å². The Bertz CT molecular complexity index is 605. The topological polar surface area (TPSA) is 85.7 Å². The second-order valence-electron chi connectivity index (χ2n) is 4.53. The molecule has 0 spiro atoms. The van der Waals surface area contributed by atoms with Gasteiger partial charge in [0.05, 0.1) is 30.8 Å². The molecule has 0 saturated carbocycles. The van der Waals surface area contributed by atoms with E-state index in [9.17, 15) is 15.2 Å². The number of halogens is 1. The summed E-state index contributed by atoms with van der Waals surface area (Å²) in [5.41, 5.74) is -0.0807. The molecule has 0 bridgehead atoms. The number of allylic oxidation sites excluding steroid dienone is 2. The molecule has 2 rings (SSSR count). The fourth-order valence-corrected chi connectivity index (χ4v) is 2.60. The molecule has 1 N–H and O–H groups in total. The van der Waals surface area contributed by atoms with E-state index in [0.717, 1.165) is 0 Å². The average Bonchev–Trinajstić information content (AvgIpc) is 2.94. The normalized spacial score (nSPS) is 25.6. The summed E-state index contributed by atoms with van der Waals surface area (Å²) in [5, 5.41) is 21.3. The number of aliphatic hydroxyl groups excluding tert-OH is 1. The van der Waals surface area contributed by atoms with Gasteiger partial charge in [0.15, 0.2) is 0 Å². The fraction of sp³-hybridized carbons (Fsp3) is 0.286. The van der Waals surface area contributed by atoms with Gasteiger partial charge in [-0.1, -0.05) is 22.0 Å². The van der Waals surface area contributed by atoms with Gasteiger partial charge in [0.2, 0.25) is 0 Å². The monoisotopic (exact) mass is 355 g/mol. The predicted octanol–water partition coefficient (Wildman–Crippen LogP) is 2.58. The molecule has 2 atom stereocenters. The van der Waals surface area contributed by atoms with Crippen LogP contribution in [0.15, 0.2) is 58.6 Å². The van der Waals surface area contributed by atoms with Crippen molar-refractivity contribution >= 4 is 15.9 Å². The summed E-state index contributed by atoms with van der Waals surface area (Å²) >= 11 is 3.35. The summed E-state index contributed by atoms with van der Waals surface area (Å²) in [6, 6.07) is 3.32. The third kappa shape index (κ3) is 3.62. The highest BCUT2D eigenvalue weighted by Crippen LogP contribution is 2.34. The van der Waals surface area contributed by atoms with Crippen LogP contribution in [-0.4, -0.2) is 27.6 Å². The van der Waals surface area contributed by atoms with Crippen LogP contribution in [-0.2, 0) is 11.2 Å². The Labute approximate surface area is 129 Å². The van der Waals surface area contributed by atoms with Crippen molar-refractivity contribution < 1.29 is 19.2 Å². The summed E-state index contributed by atoms with van der Waals surface area (Å²) in [5.74, 6) is 0.986. The molecule has 0 fully saturated rings. The number of aliphatic hydroxyl groups is 1. The van der Waals surface area contributed by atoms with Crippen LogP contribution < -0.4 is 0 Å². The zero-order valence-corrected chi connectivity index (χ0v) is 12.8. The lowest BCUT2D eigenvalue weighted by Crippen LogP contribution is -2.34. The van der Waals surface area contributed by atoms with Crippen molar-refractivity contribution in [2.24, 2.45) is 0 Å². The maximum atomic E-state index is 11.2. The van der Waals surface area contributed by atoms with Crippen molar-refractivity contribution in [3.63, 3.8) is 0 Å². The molecule has 1 aromatic heterocycles. The van der Waals surface area contributed by atoms with E-state index in [1.165, 1.54) is 25.5 Å². The van der Waals surface area contributed by atoms with Crippen LogP contribution in [0.5, 0.6) is 0 Å². The molecule has 0 aliphatic heterocycles. The molecule has 0 aromatic carbocycles. The molecule has 7 heteroatoms. The molecule has 112 valence electrons. The Kier molecular flexibility index (Phi) is 4.64. The second-order valence-corrected chi connectivity index (χ2v) is 5.90. The number of nitrogens with zero attached hydrogens (tertiary/aromatic N) is 1. The Morgan fingerprint density at radius 2 is 2.48 bits per heavy atom. The van der Waals surface area contributed by atoms with Crippen LogP contribution in [0.3, 0.4) is 0 Å². The van der Waals surface area contributed by atoms with Gasteiger partial charge in [0.1, 0.15) is 15.8 Å². The van der Waals surface area contributed by atoms with Gasteiger partial charge in [0, 0.05) is 6.08 Å². The standard InChI is InChI=1S/C14H14BrNO5/c1-20-12-4-5-13(17)14(15,9-12)8-10(16(18)19)7-11-3-2-6-21-11/h2-6,8-9,13,17H,7H2,1H3/b10-8-. The van der Waals surface area contributed by atoms with Gasteiger partial charge in [0.25, 0.3) is 5.70 Å². The summed E-state index contributed by atoms with van der Waals surface area (Å²) in [6.45, 7) is 0. The highest BCUT2D eigenvalue weighted by molar-refractivity contribution is 9.10. The minimum Gasteiger partial charge on any atom is -0.497 e. The molecule has 21 heavy (non-hydrogen) atoms. The smallest absolute Gasteiger partial charge is 0.251 e. The molecule has 0 saturated heterocycles. The number of nitro groups is 1. The Morgan fingerprint density at radius 1 is 1.71 bits per heavy atom. The highest BCUT2D eigenvalue weighted by atomic mass is 79.9. The minimum absolute atomic E-state index is 0.0277. The maximum Gasteiger partial charge on any atom is 0.251 e. The molecule has 0 amide bonds. The van der Waals surface area contributed by atoms with Crippen molar-refractivity contribution in [1.29, 1.82) is 0 Å².